The van der Waals surface area contributed by atoms with E-state index in [9.17, 15) is 0 Å². The minimum atomic E-state index is 0.0584. The van der Waals surface area contributed by atoms with Crippen LogP contribution in [0.1, 0.15) is 64.7 Å². The van der Waals surface area contributed by atoms with Crippen LogP contribution in [-0.4, -0.2) is 5.75 Å². The first-order valence-electron chi connectivity index (χ1n) is 7.15. The summed E-state index contributed by atoms with van der Waals surface area (Å²) in [6.45, 7) is 2.28. The van der Waals surface area contributed by atoms with Gasteiger partial charge in [0.1, 0.15) is 0 Å². The number of allylic oxidation sites excluding steroid dienone is 2. The highest BCUT2D eigenvalue weighted by Gasteiger charge is 2.06. The third-order valence-corrected chi connectivity index (χ3v) is 6.94. The molecule has 1 aliphatic heterocycles. The molecule has 2 heteroatoms. The van der Waals surface area contributed by atoms with E-state index in [0.717, 1.165) is 0 Å². The third kappa shape index (κ3) is 7.35. The van der Waals surface area contributed by atoms with Crippen LogP contribution >= 0.6 is 26.8 Å². The molecule has 1 heterocycles. The van der Waals surface area contributed by atoms with Crippen molar-refractivity contribution in [1.82, 2.24) is 0 Å². The Balaban J connectivity index is 1.82. The molecule has 0 fully saturated rings. The van der Waals surface area contributed by atoms with Gasteiger partial charge in [0.05, 0.1) is 0 Å². The van der Waals surface area contributed by atoms with Gasteiger partial charge in [-0.3, -0.25) is 0 Å². The highest BCUT2D eigenvalue weighted by Crippen LogP contribution is 2.45. The van der Waals surface area contributed by atoms with E-state index in [1.54, 1.807) is 0 Å². The molecule has 17 heavy (non-hydrogen) atoms. The van der Waals surface area contributed by atoms with Crippen LogP contribution in [0.5, 0.6) is 0 Å². The summed E-state index contributed by atoms with van der Waals surface area (Å²) in [5.74, 6) is 1.39. The standard InChI is InChI=1S/C15H27BrS/c1-2-3-4-5-6-7-8-9-10-13-17-14-11-12-15(17)16/h11-12,14,17H,2-10,13H2,1H3. The average Bonchev–Trinajstić information content (AvgIpc) is 2.73. The summed E-state index contributed by atoms with van der Waals surface area (Å²) in [4.78, 5) is 0. The van der Waals surface area contributed by atoms with Gasteiger partial charge in [-0.15, -0.1) is 0 Å². The summed E-state index contributed by atoms with van der Waals surface area (Å²) in [6.07, 6.45) is 17.3. The maximum Gasteiger partial charge on any atom is 0.0342 e. The van der Waals surface area contributed by atoms with Gasteiger partial charge in [0, 0.05) is 3.81 Å². The van der Waals surface area contributed by atoms with Gasteiger partial charge >= 0.3 is 0 Å². The molecule has 0 aromatic rings. The number of unbranched alkanes of at least 4 members (excludes halogenated alkanes) is 8. The molecule has 0 aromatic carbocycles. The Morgan fingerprint density at radius 2 is 1.53 bits per heavy atom. The molecular weight excluding hydrogens is 292 g/mol. The normalized spacial score (nSPS) is 20.8. The van der Waals surface area contributed by atoms with Crippen molar-refractivity contribution < 1.29 is 0 Å². The van der Waals surface area contributed by atoms with Crippen LogP contribution in [-0.2, 0) is 0 Å². The van der Waals surface area contributed by atoms with Gasteiger partial charge < -0.3 is 0 Å². The molecule has 0 saturated carbocycles. The Hall–Kier alpha value is 0.310. The topological polar surface area (TPSA) is 0 Å². The summed E-state index contributed by atoms with van der Waals surface area (Å²) in [6, 6.07) is 0. The molecule has 0 amide bonds. The quantitative estimate of drug-likeness (QED) is 0.355. The van der Waals surface area contributed by atoms with E-state index in [1.807, 2.05) is 0 Å². The molecule has 1 atom stereocenters. The molecule has 1 rings (SSSR count). The SMILES string of the molecule is CCCCCCCCCCC[SH]1C=CC=C1Br. The van der Waals surface area contributed by atoms with Gasteiger partial charge in [-0.05, 0) is 39.6 Å². The van der Waals surface area contributed by atoms with Crippen LogP contribution in [0.4, 0.5) is 0 Å². The van der Waals surface area contributed by atoms with E-state index in [0.29, 0.717) is 0 Å². The fraction of sp³-hybridized carbons (Fsp3) is 0.733. The number of halogens is 1. The fourth-order valence-electron chi connectivity index (χ4n) is 2.17. The molecule has 1 unspecified atom stereocenters. The van der Waals surface area contributed by atoms with E-state index < -0.39 is 0 Å². The molecule has 0 radical (unpaired) electrons. The predicted molar refractivity (Wildman–Crippen MR) is 87.2 cm³/mol. The van der Waals surface area contributed by atoms with E-state index in [-0.39, 0.29) is 10.9 Å². The summed E-state index contributed by atoms with van der Waals surface area (Å²) in [5.41, 5.74) is 0. The molecule has 0 N–H and O–H groups in total. The maximum atomic E-state index is 3.65. The lowest BCUT2D eigenvalue weighted by Crippen LogP contribution is -1.86. The lowest BCUT2D eigenvalue weighted by atomic mass is 10.1. The van der Waals surface area contributed by atoms with E-state index in [1.165, 1.54) is 67.4 Å². The molecular formula is C15H27BrS. The molecule has 0 bridgehead atoms. The Morgan fingerprint density at radius 3 is 2.06 bits per heavy atom. The monoisotopic (exact) mass is 318 g/mol. The van der Waals surface area contributed by atoms with Crippen molar-refractivity contribution in [3.63, 3.8) is 0 Å². The van der Waals surface area contributed by atoms with Gasteiger partial charge in [-0.2, -0.15) is 0 Å². The fourth-order valence-corrected chi connectivity index (χ4v) is 4.85. The van der Waals surface area contributed by atoms with Crippen molar-refractivity contribution >= 4 is 26.8 Å². The van der Waals surface area contributed by atoms with Crippen molar-refractivity contribution in [3.05, 3.63) is 21.4 Å². The van der Waals surface area contributed by atoms with E-state index in [2.05, 4.69) is 40.4 Å². The Kier molecular flexibility index (Phi) is 9.27. The van der Waals surface area contributed by atoms with Crippen molar-refractivity contribution in [2.75, 3.05) is 5.75 Å². The highest BCUT2D eigenvalue weighted by atomic mass is 79.9. The van der Waals surface area contributed by atoms with Gasteiger partial charge in [-0.25, -0.2) is 10.9 Å². The molecule has 0 spiro atoms. The van der Waals surface area contributed by atoms with Crippen LogP contribution in [0, 0.1) is 0 Å². The van der Waals surface area contributed by atoms with Crippen molar-refractivity contribution in [1.29, 1.82) is 0 Å². The third-order valence-electron chi connectivity index (χ3n) is 3.28. The minimum absolute atomic E-state index is 0.0584. The van der Waals surface area contributed by atoms with Crippen molar-refractivity contribution in [3.8, 4) is 0 Å². The number of hydrogen-bond donors (Lipinski definition) is 1. The van der Waals surface area contributed by atoms with Gasteiger partial charge in [-0.1, -0.05) is 64.4 Å². The van der Waals surface area contributed by atoms with Crippen molar-refractivity contribution in [2.24, 2.45) is 0 Å². The summed E-state index contributed by atoms with van der Waals surface area (Å²) in [7, 11) is 0.0584. The smallest absolute Gasteiger partial charge is 0.0342 e. The predicted octanol–water partition coefficient (Wildman–Crippen LogP) is 6.28. The molecule has 0 saturated heterocycles. The molecule has 0 nitrogen and oxygen atoms in total. The highest BCUT2D eigenvalue weighted by molar-refractivity contribution is 9.14. The second-order valence-corrected chi connectivity index (χ2v) is 8.49. The average molecular weight is 319 g/mol. The zero-order valence-electron chi connectivity index (χ0n) is 11.1. The number of rotatable bonds is 10. The van der Waals surface area contributed by atoms with Gasteiger partial charge in [0.15, 0.2) is 0 Å². The molecule has 0 aliphatic carbocycles. The van der Waals surface area contributed by atoms with Crippen LogP contribution in [0.2, 0.25) is 0 Å². The first-order valence-corrected chi connectivity index (χ1v) is 9.54. The molecule has 1 aliphatic rings. The Labute approximate surface area is 118 Å². The van der Waals surface area contributed by atoms with Crippen molar-refractivity contribution in [2.45, 2.75) is 64.7 Å². The number of thiol groups is 1. The Bertz CT molecular complexity index is 245. The largest absolute Gasteiger partial charge is 0.200 e. The summed E-state index contributed by atoms with van der Waals surface area (Å²) >= 11 is 3.65. The summed E-state index contributed by atoms with van der Waals surface area (Å²) in [5, 5.41) is 2.38. The Morgan fingerprint density at radius 1 is 0.941 bits per heavy atom. The van der Waals surface area contributed by atoms with Crippen LogP contribution < -0.4 is 0 Å². The van der Waals surface area contributed by atoms with Crippen LogP contribution in [0.15, 0.2) is 21.4 Å². The second-order valence-electron chi connectivity index (χ2n) is 4.85. The second kappa shape index (κ2) is 10.3. The maximum absolute atomic E-state index is 3.65. The first-order chi connectivity index (χ1) is 8.34. The summed E-state index contributed by atoms with van der Waals surface area (Å²) < 4.78 is 1.44. The molecule has 100 valence electrons. The zero-order valence-corrected chi connectivity index (χ0v) is 13.6. The van der Waals surface area contributed by atoms with Crippen LogP contribution in [0.25, 0.3) is 0 Å². The lowest BCUT2D eigenvalue weighted by Gasteiger charge is -2.12. The van der Waals surface area contributed by atoms with Gasteiger partial charge in [0.2, 0.25) is 0 Å². The van der Waals surface area contributed by atoms with Gasteiger partial charge in [0.25, 0.3) is 0 Å². The van der Waals surface area contributed by atoms with E-state index >= 15 is 0 Å². The molecule has 0 aromatic heterocycles. The first kappa shape index (κ1) is 15.4. The number of hydrogen-bond acceptors (Lipinski definition) is 0. The minimum Gasteiger partial charge on any atom is -0.200 e. The van der Waals surface area contributed by atoms with E-state index in [4.69, 9.17) is 0 Å². The lowest BCUT2D eigenvalue weighted by molar-refractivity contribution is 0.573. The van der Waals surface area contributed by atoms with Crippen LogP contribution in [0.3, 0.4) is 0 Å². The zero-order chi connectivity index (χ0) is 12.3.